The fourth-order valence-corrected chi connectivity index (χ4v) is 3.23. The third-order valence-electron chi connectivity index (χ3n) is 5.04. The van der Waals surface area contributed by atoms with E-state index in [-0.39, 0.29) is 23.6 Å². The van der Waals surface area contributed by atoms with Gasteiger partial charge in [0.1, 0.15) is 11.6 Å². The number of benzene rings is 1. The molecule has 1 atom stereocenters. The fraction of sp³-hybridized carbons (Fsp3) is 0.526. The lowest BCUT2D eigenvalue weighted by molar-refractivity contribution is 0.0911. The molecular formula is C19H26FN5O. The number of aromatic nitrogens is 3. The van der Waals surface area contributed by atoms with Crippen molar-refractivity contribution in [3.63, 3.8) is 0 Å². The Labute approximate surface area is 153 Å². The van der Waals surface area contributed by atoms with Crippen molar-refractivity contribution in [3.05, 3.63) is 41.7 Å². The van der Waals surface area contributed by atoms with Crippen molar-refractivity contribution in [2.24, 2.45) is 5.92 Å². The van der Waals surface area contributed by atoms with Gasteiger partial charge in [-0.3, -0.25) is 9.69 Å². The van der Waals surface area contributed by atoms with Crippen LogP contribution in [0.15, 0.2) is 24.3 Å². The van der Waals surface area contributed by atoms with Crippen molar-refractivity contribution in [1.29, 1.82) is 0 Å². The largest absolute Gasteiger partial charge is 0.348 e. The van der Waals surface area contributed by atoms with Gasteiger partial charge >= 0.3 is 0 Å². The van der Waals surface area contributed by atoms with Gasteiger partial charge in [-0.15, -0.1) is 5.10 Å². The number of carbonyl (C=O) groups excluding carboxylic acids is 1. The first-order valence-electron chi connectivity index (χ1n) is 9.16. The highest BCUT2D eigenvalue weighted by Crippen LogP contribution is 2.17. The Hall–Kier alpha value is -2.28. The van der Waals surface area contributed by atoms with Gasteiger partial charge < -0.3 is 5.32 Å². The van der Waals surface area contributed by atoms with Crippen molar-refractivity contribution in [2.45, 2.75) is 39.7 Å². The molecule has 0 saturated carbocycles. The summed E-state index contributed by atoms with van der Waals surface area (Å²) in [5, 5.41) is 7.20. The number of hydrogen-bond donors (Lipinski definition) is 1. The smallest absolute Gasteiger partial charge is 0.291 e. The molecule has 0 spiro atoms. The van der Waals surface area contributed by atoms with Crippen LogP contribution in [0.5, 0.6) is 0 Å². The predicted octanol–water partition coefficient (Wildman–Crippen LogP) is 2.57. The Morgan fingerprint density at radius 2 is 1.96 bits per heavy atom. The lowest BCUT2D eigenvalue weighted by atomic mass is 9.98. The minimum atomic E-state index is -0.314. The number of piperidine rings is 1. The van der Waals surface area contributed by atoms with E-state index >= 15 is 0 Å². The van der Waals surface area contributed by atoms with E-state index < -0.39 is 0 Å². The number of amides is 1. The third-order valence-corrected chi connectivity index (χ3v) is 5.04. The van der Waals surface area contributed by atoms with Crippen molar-refractivity contribution in [1.82, 2.24) is 25.0 Å². The van der Waals surface area contributed by atoms with Crippen molar-refractivity contribution in [2.75, 3.05) is 19.6 Å². The number of halogens is 1. The predicted molar refractivity (Wildman–Crippen MR) is 97.8 cm³/mol. The zero-order valence-electron chi connectivity index (χ0n) is 15.6. The number of rotatable bonds is 5. The SMILES string of the molecule is Cc1nc(C(=O)NCC(C)N2CCC(C)CC2)nn1-c1ccc(F)cc1. The molecule has 0 aliphatic carbocycles. The first-order valence-corrected chi connectivity index (χ1v) is 9.16. The Morgan fingerprint density at radius 3 is 2.62 bits per heavy atom. The van der Waals surface area contributed by atoms with Gasteiger partial charge in [0.25, 0.3) is 5.91 Å². The van der Waals surface area contributed by atoms with E-state index in [4.69, 9.17) is 0 Å². The Morgan fingerprint density at radius 1 is 1.31 bits per heavy atom. The molecule has 26 heavy (non-hydrogen) atoms. The minimum Gasteiger partial charge on any atom is -0.348 e. The Kier molecular flexibility index (Phi) is 5.66. The molecule has 1 fully saturated rings. The summed E-state index contributed by atoms with van der Waals surface area (Å²) in [6.07, 6.45) is 2.42. The molecule has 2 aromatic rings. The molecule has 0 radical (unpaired) electrons. The van der Waals surface area contributed by atoms with Crippen LogP contribution in [0.4, 0.5) is 4.39 Å². The highest BCUT2D eigenvalue weighted by atomic mass is 19.1. The summed E-state index contributed by atoms with van der Waals surface area (Å²) in [5.74, 6) is 0.901. The molecule has 140 valence electrons. The molecule has 1 amide bonds. The molecule has 1 aliphatic heterocycles. The van der Waals surface area contributed by atoms with Crippen molar-refractivity contribution < 1.29 is 9.18 Å². The zero-order chi connectivity index (χ0) is 18.7. The van der Waals surface area contributed by atoms with Crippen LogP contribution in [0.25, 0.3) is 5.69 Å². The summed E-state index contributed by atoms with van der Waals surface area (Å²) < 4.78 is 14.6. The summed E-state index contributed by atoms with van der Waals surface area (Å²) in [6, 6.07) is 6.22. The van der Waals surface area contributed by atoms with Crippen molar-refractivity contribution >= 4 is 5.91 Å². The van der Waals surface area contributed by atoms with Crippen LogP contribution >= 0.6 is 0 Å². The standard InChI is InChI=1S/C19H26FN5O/c1-13-8-10-24(11-9-13)14(2)12-21-19(26)18-22-15(3)25(23-18)17-6-4-16(20)5-7-17/h4-7,13-14H,8-12H2,1-3H3,(H,21,26). The first-order chi connectivity index (χ1) is 12.4. The van der Waals surface area contributed by atoms with Crippen LogP contribution in [0.3, 0.4) is 0 Å². The summed E-state index contributed by atoms with van der Waals surface area (Å²) in [5.41, 5.74) is 0.672. The van der Waals surface area contributed by atoms with Crippen LogP contribution in [0, 0.1) is 18.7 Å². The molecule has 0 bridgehead atoms. The number of nitrogens with zero attached hydrogens (tertiary/aromatic N) is 4. The number of aryl methyl sites for hydroxylation is 1. The average Bonchev–Trinajstić information content (AvgIpc) is 3.02. The van der Waals surface area contributed by atoms with Gasteiger partial charge in [0.05, 0.1) is 5.69 Å². The van der Waals surface area contributed by atoms with Gasteiger partial charge in [-0.2, -0.15) is 0 Å². The number of nitrogens with one attached hydrogen (secondary N) is 1. The van der Waals surface area contributed by atoms with E-state index in [1.54, 1.807) is 23.7 Å². The van der Waals surface area contributed by atoms with Gasteiger partial charge in [-0.25, -0.2) is 14.1 Å². The van der Waals surface area contributed by atoms with E-state index in [9.17, 15) is 9.18 Å². The van der Waals surface area contributed by atoms with E-state index in [0.717, 1.165) is 19.0 Å². The average molecular weight is 359 g/mol. The van der Waals surface area contributed by atoms with E-state index in [1.165, 1.54) is 25.0 Å². The quantitative estimate of drug-likeness (QED) is 0.891. The monoisotopic (exact) mass is 359 g/mol. The molecule has 6 nitrogen and oxygen atoms in total. The second-order valence-electron chi connectivity index (χ2n) is 7.15. The molecule has 7 heteroatoms. The highest BCUT2D eigenvalue weighted by Gasteiger charge is 2.22. The first kappa shape index (κ1) is 18.5. The second kappa shape index (κ2) is 7.95. The lowest BCUT2D eigenvalue weighted by Gasteiger charge is -2.34. The molecule has 1 aromatic heterocycles. The maximum absolute atomic E-state index is 13.1. The van der Waals surface area contributed by atoms with Gasteiger partial charge in [0, 0.05) is 12.6 Å². The van der Waals surface area contributed by atoms with Crippen LogP contribution < -0.4 is 5.32 Å². The van der Waals surface area contributed by atoms with Gasteiger partial charge in [-0.05, 0) is 70.0 Å². The molecule has 2 heterocycles. The zero-order valence-corrected chi connectivity index (χ0v) is 15.6. The molecule has 1 saturated heterocycles. The van der Waals surface area contributed by atoms with E-state index in [2.05, 4.69) is 34.1 Å². The van der Waals surface area contributed by atoms with Gasteiger partial charge in [0.15, 0.2) is 0 Å². The lowest BCUT2D eigenvalue weighted by Crippen LogP contribution is -2.45. The van der Waals surface area contributed by atoms with Gasteiger partial charge in [-0.1, -0.05) is 6.92 Å². The summed E-state index contributed by atoms with van der Waals surface area (Å²) >= 11 is 0. The Bertz CT molecular complexity index is 750. The molecule has 1 N–H and O–H groups in total. The van der Waals surface area contributed by atoms with E-state index in [0.29, 0.717) is 18.1 Å². The number of hydrogen-bond acceptors (Lipinski definition) is 4. The summed E-state index contributed by atoms with van der Waals surface area (Å²) in [7, 11) is 0. The highest BCUT2D eigenvalue weighted by molar-refractivity contribution is 5.90. The van der Waals surface area contributed by atoms with E-state index in [1.807, 2.05) is 0 Å². The minimum absolute atomic E-state index is 0.131. The second-order valence-corrected chi connectivity index (χ2v) is 7.15. The molecule has 3 rings (SSSR count). The molecule has 1 unspecified atom stereocenters. The van der Waals surface area contributed by atoms with Crippen molar-refractivity contribution in [3.8, 4) is 5.69 Å². The van der Waals surface area contributed by atoms with Crippen LogP contribution in [-0.2, 0) is 0 Å². The summed E-state index contributed by atoms with van der Waals surface area (Å²) in [6.45, 7) is 8.91. The van der Waals surface area contributed by atoms with Crippen LogP contribution in [0.2, 0.25) is 0 Å². The molecule has 1 aromatic carbocycles. The number of likely N-dealkylation sites (tertiary alicyclic amines) is 1. The fourth-order valence-electron chi connectivity index (χ4n) is 3.23. The van der Waals surface area contributed by atoms with Gasteiger partial charge in [0.2, 0.25) is 5.82 Å². The molecule has 1 aliphatic rings. The Balaban J connectivity index is 1.60. The maximum Gasteiger partial charge on any atom is 0.291 e. The topological polar surface area (TPSA) is 63.1 Å². The summed E-state index contributed by atoms with van der Waals surface area (Å²) in [4.78, 5) is 19.1. The van der Waals surface area contributed by atoms with Crippen LogP contribution in [0.1, 0.15) is 43.1 Å². The van der Waals surface area contributed by atoms with Crippen LogP contribution in [-0.4, -0.2) is 51.2 Å². The third kappa shape index (κ3) is 4.27. The maximum atomic E-state index is 13.1. The molecular weight excluding hydrogens is 333 g/mol. The number of carbonyl (C=O) groups is 1. The normalized spacial score (nSPS) is 17.2.